The van der Waals surface area contributed by atoms with Crippen molar-refractivity contribution in [2.75, 3.05) is 27.2 Å². The smallest absolute Gasteiger partial charge is 0.223 e. The van der Waals surface area contributed by atoms with E-state index in [1.807, 2.05) is 63.1 Å². The first kappa shape index (κ1) is 37.1. The Kier molecular flexibility index (Phi) is 26.2. The van der Waals surface area contributed by atoms with Gasteiger partial charge in [0.05, 0.1) is 6.04 Å². The van der Waals surface area contributed by atoms with Crippen molar-refractivity contribution in [2.45, 2.75) is 93.2 Å². The normalized spacial score (nSPS) is 12.6. The van der Waals surface area contributed by atoms with Gasteiger partial charge in [-0.25, -0.2) is 0 Å². The molecule has 0 aliphatic carbocycles. The third kappa shape index (κ3) is 24.5. The lowest BCUT2D eigenvalue weighted by atomic mass is 9.92. The zero-order valence-corrected chi connectivity index (χ0v) is 24.1. The van der Waals surface area contributed by atoms with Crippen LogP contribution in [0.5, 0.6) is 0 Å². The van der Waals surface area contributed by atoms with Gasteiger partial charge in [0.2, 0.25) is 18.7 Å². The summed E-state index contributed by atoms with van der Waals surface area (Å²) >= 11 is 0. The van der Waals surface area contributed by atoms with Gasteiger partial charge in [-0.3, -0.25) is 14.4 Å². The molecule has 204 valence electrons. The van der Waals surface area contributed by atoms with Crippen LogP contribution >= 0.6 is 0 Å². The molecule has 1 heterocycles. The zero-order valence-electron chi connectivity index (χ0n) is 24.1. The van der Waals surface area contributed by atoms with Crippen molar-refractivity contribution >= 4 is 18.7 Å². The summed E-state index contributed by atoms with van der Waals surface area (Å²) in [6, 6.07) is 10.8. The first-order valence-corrected chi connectivity index (χ1v) is 12.9. The van der Waals surface area contributed by atoms with Gasteiger partial charge in [0.15, 0.2) is 0 Å². The van der Waals surface area contributed by atoms with E-state index < -0.39 is 0 Å². The van der Waals surface area contributed by atoms with Gasteiger partial charge in [-0.1, -0.05) is 85.7 Å². The van der Waals surface area contributed by atoms with E-state index in [0.29, 0.717) is 24.8 Å². The third-order valence-electron chi connectivity index (χ3n) is 4.71. The molecule has 0 aromatic heterocycles. The Balaban J connectivity index is -0.000000417. The fourth-order valence-electron chi connectivity index (χ4n) is 2.75. The minimum Gasteiger partial charge on any atom is -0.362 e. The molecule has 7 nitrogen and oxygen atoms in total. The number of hydrogen-bond donors (Lipinski definition) is 3. The summed E-state index contributed by atoms with van der Waals surface area (Å²) in [7, 11) is 3.51. The molecule has 1 aromatic carbocycles. The van der Waals surface area contributed by atoms with Gasteiger partial charge in [0, 0.05) is 32.6 Å². The van der Waals surface area contributed by atoms with Gasteiger partial charge in [0.25, 0.3) is 0 Å². The van der Waals surface area contributed by atoms with Crippen molar-refractivity contribution in [3.8, 4) is 0 Å². The second kappa shape index (κ2) is 24.7. The molecule has 1 aromatic rings. The van der Waals surface area contributed by atoms with Crippen LogP contribution in [0, 0.1) is 5.41 Å². The van der Waals surface area contributed by atoms with Crippen LogP contribution in [-0.2, 0) is 14.4 Å². The van der Waals surface area contributed by atoms with Crippen molar-refractivity contribution in [3.63, 3.8) is 0 Å². The maximum absolute atomic E-state index is 11.6. The van der Waals surface area contributed by atoms with Crippen molar-refractivity contribution in [3.05, 3.63) is 35.9 Å². The molecule has 1 unspecified atom stereocenters. The van der Waals surface area contributed by atoms with Crippen LogP contribution < -0.4 is 16.0 Å². The summed E-state index contributed by atoms with van der Waals surface area (Å²) in [6.45, 7) is 18.6. The summed E-state index contributed by atoms with van der Waals surface area (Å²) in [5.41, 5.74) is 1.30. The lowest BCUT2D eigenvalue weighted by Gasteiger charge is -2.22. The van der Waals surface area contributed by atoms with Gasteiger partial charge < -0.3 is 20.9 Å². The Morgan fingerprint density at radius 2 is 1.46 bits per heavy atom. The van der Waals surface area contributed by atoms with Crippen molar-refractivity contribution in [1.82, 2.24) is 20.9 Å². The molecule has 0 bridgehead atoms. The molecule has 1 aliphatic heterocycles. The molecule has 3 N–H and O–H groups in total. The van der Waals surface area contributed by atoms with Crippen LogP contribution in [0.4, 0.5) is 0 Å². The Bertz CT molecular complexity index is 610. The molecule has 0 spiro atoms. The number of carbonyl (C=O) groups excluding carboxylic acids is 3. The van der Waals surface area contributed by atoms with E-state index in [-0.39, 0.29) is 11.5 Å². The predicted molar refractivity (Wildman–Crippen MR) is 149 cm³/mol. The number of likely N-dealkylation sites (tertiary alicyclic amines) is 1. The first-order valence-electron chi connectivity index (χ1n) is 12.9. The van der Waals surface area contributed by atoms with Crippen molar-refractivity contribution in [1.29, 1.82) is 0 Å². The lowest BCUT2D eigenvalue weighted by molar-refractivity contribution is -0.132. The van der Waals surface area contributed by atoms with E-state index in [4.69, 9.17) is 4.79 Å². The second-order valence-electron chi connectivity index (χ2n) is 9.33. The van der Waals surface area contributed by atoms with E-state index in [1.54, 1.807) is 7.05 Å². The van der Waals surface area contributed by atoms with E-state index in [2.05, 4.69) is 50.6 Å². The number of nitrogens with one attached hydrogen (secondary N) is 3. The molecule has 1 aliphatic rings. The molecule has 3 amide bonds. The number of rotatable bonds is 7. The summed E-state index contributed by atoms with van der Waals surface area (Å²) in [6.07, 6.45) is 5.36. The number of hydrogen-bond acceptors (Lipinski definition) is 4. The standard InChI is InChI=1S/C10H19NO.C10H13NO.C4H11N.C2H5NO.C2H6/c1-10(2,3)8-9(12)11-6-4-5-7-11;1-2-10(11-8-12)9-6-4-3-5-7-9;1-4(2)5-3;1-3-2-4;1-2/h4-8H2,1-3H3;3-8,10H,2H2,1H3,(H,11,12);4-5H,1-3H3;2H,1H3,(H,3,4);1-2H3. The maximum Gasteiger partial charge on any atom is 0.223 e. The van der Waals surface area contributed by atoms with E-state index in [0.717, 1.165) is 31.5 Å². The van der Waals surface area contributed by atoms with Crippen LogP contribution in [-0.4, -0.2) is 56.9 Å². The van der Waals surface area contributed by atoms with Crippen LogP contribution in [0.3, 0.4) is 0 Å². The molecule has 1 saturated heterocycles. The number of benzene rings is 1. The molecule has 2 rings (SSSR count). The Labute approximate surface area is 215 Å². The molecule has 7 heteroatoms. The molecular weight excluding hydrogens is 440 g/mol. The summed E-state index contributed by atoms with van der Waals surface area (Å²) in [5, 5.41) is 8.05. The summed E-state index contributed by atoms with van der Waals surface area (Å²) < 4.78 is 0. The van der Waals surface area contributed by atoms with E-state index in [9.17, 15) is 9.59 Å². The Morgan fingerprint density at radius 1 is 1.00 bits per heavy atom. The fraction of sp³-hybridized carbons (Fsp3) is 0.679. The topological polar surface area (TPSA) is 90.5 Å². The molecule has 1 atom stereocenters. The highest BCUT2D eigenvalue weighted by Crippen LogP contribution is 2.21. The Hall–Kier alpha value is -2.41. The number of nitrogens with zero attached hydrogens (tertiary/aromatic N) is 1. The Morgan fingerprint density at radius 3 is 1.77 bits per heavy atom. The van der Waals surface area contributed by atoms with Gasteiger partial charge in [0.1, 0.15) is 0 Å². The van der Waals surface area contributed by atoms with Crippen LogP contribution in [0.15, 0.2) is 30.3 Å². The zero-order chi connectivity index (χ0) is 27.7. The van der Waals surface area contributed by atoms with Gasteiger partial charge in [-0.05, 0) is 37.3 Å². The minimum atomic E-state index is 0.139. The number of carbonyl (C=O) groups is 3. The monoisotopic (exact) mass is 494 g/mol. The average Bonchev–Trinajstić information content (AvgIpc) is 3.40. The van der Waals surface area contributed by atoms with Crippen LogP contribution in [0.25, 0.3) is 0 Å². The maximum atomic E-state index is 11.6. The average molecular weight is 495 g/mol. The van der Waals surface area contributed by atoms with Crippen molar-refractivity contribution < 1.29 is 14.4 Å². The van der Waals surface area contributed by atoms with Gasteiger partial charge >= 0.3 is 0 Å². The minimum absolute atomic E-state index is 0.139. The quantitative estimate of drug-likeness (QED) is 0.469. The van der Waals surface area contributed by atoms with E-state index in [1.165, 1.54) is 12.8 Å². The number of amides is 3. The predicted octanol–water partition coefficient (Wildman–Crippen LogP) is 4.93. The largest absolute Gasteiger partial charge is 0.362 e. The molecule has 0 radical (unpaired) electrons. The lowest BCUT2D eigenvalue weighted by Crippen LogP contribution is -2.30. The SMILES string of the molecule is CC.CC(C)(C)CC(=O)N1CCCC1.CCC(NC=O)c1ccccc1.CNC(C)C.CNC=O. The highest BCUT2D eigenvalue weighted by Gasteiger charge is 2.22. The second-order valence-corrected chi connectivity index (χ2v) is 9.33. The third-order valence-corrected chi connectivity index (χ3v) is 4.71. The molecule has 0 saturated carbocycles. The first-order chi connectivity index (χ1) is 16.6. The molecular formula is C28H54N4O3. The van der Waals surface area contributed by atoms with Gasteiger partial charge in [-0.15, -0.1) is 0 Å². The van der Waals surface area contributed by atoms with Gasteiger partial charge in [-0.2, -0.15) is 0 Å². The summed E-state index contributed by atoms with van der Waals surface area (Å²) in [5.74, 6) is 0.333. The van der Waals surface area contributed by atoms with Crippen LogP contribution in [0.1, 0.15) is 92.7 Å². The van der Waals surface area contributed by atoms with Crippen LogP contribution in [0.2, 0.25) is 0 Å². The summed E-state index contributed by atoms with van der Waals surface area (Å²) in [4.78, 5) is 32.9. The van der Waals surface area contributed by atoms with Crippen molar-refractivity contribution in [2.24, 2.45) is 5.41 Å². The van der Waals surface area contributed by atoms with E-state index >= 15 is 0 Å². The fourth-order valence-corrected chi connectivity index (χ4v) is 2.75. The highest BCUT2D eigenvalue weighted by atomic mass is 16.2. The molecule has 35 heavy (non-hydrogen) atoms. The highest BCUT2D eigenvalue weighted by molar-refractivity contribution is 5.77. The molecule has 1 fully saturated rings.